The highest BCUT2D eigenvalue weighted by atomic mass is 35.5. The van der Waals surface area contributed by atoms with Crippen LogP contribution < -0.4 is 5.32 Å². The predicted octanol–water partition coefficient (Wildman–Crippen LogP) is 4.78. The topological polar surface area (TPSA) is 65.5 Å². The number of halogens is 2. The van der Waals surface area contributed by atoms with Crippen LogP contribution in [0.1, 0.15) is 54.6 Å². The summed E-state index contributed by atoms with van der Waals surface area (Å²) in [5.41, 5.74) is 2.28. The zero-order valence-electron chi connectivity index (χ0n) is 18.7. The van der Waals surface area contributed by atoms with Gasteiger partial charge in [-0.3, -0.25) is 9.59 Å². The summed E-state index contributed by atoms with van der Waals surface area (Å²) in [7, 11) is 0. The number of rotatable bonds is 8. The minimum atomic E-state index is -0.229. The van der Waals surface area contributed by atoms with E-state index >= 15 is 0 Å². The number of nitrogens with one attached hydrogen (secondary N) is 1. The van der Waals surface area contributed by atoms with Crippen LogP contribution in [0.3, 0.4) is 0 Å². The maximum absolute atomic E-state index is 12.5. The Morgan fingerprint density at radius 3 is 2.66 bits per heavy atom. The van der Waals surface area contributed by atoms with E-state index in [0.717, 1.165) is 32.4 Å². The molecule has 0 bridgehead atoms. The maximum atomic E-state index is 12.5. The molecule has 174 valence electrons. The van der Waals surface area contributed by atoms with Crippen molar-refractivity contribution in [2.24, 2.45) is 0 Å². The number of hydrogen-bond donors (Lipinski definition) is 1. The van der Waals surface area contributed by atoms with Crippen molar-refractivity contribution >= 4 is 46.4 Å². The van der Waals surface area contributed by atoms with Gasteiger partial charge in [0, 0.05) is 45.2 Å². The Hall–Kier alpha value is -1.67. The molecule has 1 saturated heterocycles. The lowest BCUT2D eigenvalue weighted by atomic mass is 10.00. The summed E-state index contributed by atoms with van der Waals surface area (Å²) in [6.45, 7) is 8.77. The first-order valence-electron chi connectivity index (χ1n) is 10.9. The summed E-state index contributed by atoms with van der Waals surface area (Å²) in [6, 6.07) is 4.33. The molecule has 1 aliphatic rings. The fourth-order valence-corrected chi connectivity index (χ4v) is 5.53. The Morgan fingerprint density at radius 2 is 2.06 bits per heavy atom. The number of likely N-dealkylation sites (tertiary alicyclic amines) is 1. The Labute approximate surface area is 203 Å². The van der Waals surface area contributed by atoms with E-state index in [4.69, 9.17) is 23.2 Å². The Morgan fingerprint density at radius 1 is 1.34 bits per heavy atom. The quantitative estimate of drug-likeness (QED) is 0.534. The van der Waals surface area contributed by atoms with E-state index in [-0.39, 0.29) is 28.2 Å². The van der Waals surface area contributed by atoms with Crippen molar-refractivity contribution in [2.75, 3.05) is 19.6 Å². The molecular weight excluding hydrogens is 467 g/mol. The van der Waals surface area contributed by atoms with Gasteiger partial charge >= 0.3 is 0 Å². The van der Waals surface area contributed by atoms with Crippen LogP contribution in [0.2, 0.25) is 10.3 Å². The standard InChI is InChI=1S/C23H30Cl2N4O2S/c1-15-12-20(24)27-22(25)21(15)23(31)26-8-4-16(2)28-9-5-19(6-10-28)29(17(3)30)13-18-7-11-32-14-18/h7,11-12,14,16,19H,4-6,8-10,13H2,1-3H3,(H,26,31)/t16-/m1/s1. The number of amides is 2. The lowest BCUT2D eigenvalue weighted by molar-refractivity contribution is -0.133. The smallest absolute Gasteiger partial charge is 0.254 e. The monoisotopic (exact) mass is 496 g/mol. The number of carbonyl (C=O) groups is 2. The Kier molecular flexibility index (Phi) is 8.94. The fourth-order valence-electron chi connectivity index (χ4n) is 4.25. The minimum absolute atomic E-state index is 0.125. The van der Waals surface area contributed by atoms with Crippen LogP contribution in [-0.4, -0.2) is 58.3 Å². The van der Waals surface area contributed by atoms with Crippen molar-refractivity contribution < 1.29 is 9.59 Å². The second kappa shape index (κ2) is 11.5. The molecule has 2 amide bonds. The second-order valence-electron chi connectivity index (χ2n) is 8.37. The second-order valence-corrected chi connectivity index (χ2v) is 9.89. The molecule has 2 aromatic heterocycles. The molecule has 1 fully saturated rings. The van der Waals surface area contributed by atoms with Crippen LogP contribution in [0.25, 0.3) is 0 Å². The normalized spacial score (nSPS) is 16.0. The molecular formula is C23H30Cl2N4O2S. The largest absolute Gasteiger partial charge is 0.352 e. The molecule has 2 aromatic rings. The van der Waals surface area contributed by atoms with Gasteiger partial charge in [0.2, 0.25) is 5.91 Å². The van der Waals surface area contributed by atoms with Gasteiger partial charge in [-0.1, -0.05) is 23.2 Å². The highest BCUT2D eigenvalue weighted by Crippen LogP contribution is 2.23. The van der Waals surface area contributed by atoms with E-state index < -0.39 is 0 Å². The van der Waals surface area contributed by atoms with Crippen LogP contribution in [0.4, 0.5) is 0 Å². The average Bonchev–Trinajstić information content (AvgIpc) is 3.24. The van der Waals surface area contributed by atoms with Gasteiger partial charge in [0.15, 0.2) is 0 Å². The van der Waals surface area contributed by atoms with Gasteiger partial charge in [0.25, 0.3) is 5.91 Å². The first kappa shape index (κ1) is 25.0. The van der Waals surface area contributed by atoms with Crippen LogP contribution in [0.5, 0.6) is 0 Å². The van der Waals surface area contributed by atoms with E-state index in [1.54, 1.807) is 31.3 Å². The van der Waals surface area contributed by atoms with Crippen LogP contribution in [-0.2, 0) is 11.3 Å². The van der Waals surface area contributed by atoms with Gasteiger partial charge < -0.3 is 15.1 Å². The molecule has 1 atom stereocenters. The number of aromatic nitrogens is 1. The van der Waals surface area contributed by atoms with E-state index in [1.165, 1.54) is 5.56 Å². The molecule has 0 aromatic carbocycles. The van der Waals surface area contributed by atoms with Gasteiger partial charge in [-0.2, -0.15) is 11.3 Å². The highest BCUT2D eigenvalue weighted by Gasteiger charge is 2.28. The molecule has 0 aliphatic carbocycles. The predicted molar refractivity (Wildman–Crippen MR) is 131 cm³/mol. The van der Waals surface area contributed by atoms with Crippen LogP contribution in [0.15, 0.2) is 22.9 Å². The SMILES string of the molecule is CC(=O)N(Cc1ccsc1)C1CCN([C@H](C)CCNC(=O)c2c(C)cc(Cl)nc2Cl)CC1. The highest BCUT2D eigenvalue weighted by molar-refractivity contribution is 7.07. The number of aryl methyl sites for hydroxylation is 1. The summed E-state index contributed by atoms with van der Waals surface area (Å²) in [5, 5.41) is 7.51. The summed E-state index contributed by atoms with van der Waals surface area (Å²) in [6.07, 6.45) is 2.76. The summed E-state index contributed by atoms with van der Waals surface area (Å²) < 4.78 is 0. The van der Waals surface area contributed by atoms with Gasteiger partial charge in [-0.05, 0) is 67.1 Å². The number of pyridine rings is 1. The number of hydrogen-bond acceptors (Lipinski definition) is 5. The molecule has 9 heteroatoms. The van der Waals surface area contributed by atoms with Gasteiger partial charge in [-0.15, -0.1) is 0 Å². The molecule has 0 spiro atoms. The van der Waals surface area contributed by atoms with Crippen LogP contribution in [0, 0.1) is 6.92 Å². The average molecular weight is 497 g/mol. The number of piperidine rings is 1. The Balaban J connectivity index is 1.46. The first-order chi connectivity index (χ1) is 15.3. The molecule has 3 heterocycles. The molecule has 1 N–H and O–H groups in total. The van der Waals surface area contributed by atoms with Crippen molar-refractivity contribution in [1.29, 1.82) is 0 Å². The number of nitrogens with zero attached hydrogens (tertiary/aromatic N) is 3. The molecule has 3 rings (SSSR count). The summed E-state index contributed by atoms with van der Waals surface area (Å²) in [4.78, 5) is 33.2. The number of carbonyl (C=O) groups excluding carboxylic acids is 2. The molecule has 6 nitrogen and oxygen atoms in total. The van der Waals surface area contributed by atoms with E-state index in [2.05, 4.69) is 39.0 Å². The number of thiophene rings is 1. The molecule has 1 aliphatic heterocycles. The van der Waals surface area contributed by atoms with Crippen molar-refractivity contribution in [1.82, 2.24) is 20.1 Å². The third-order valence-corrected chi connectivity index (χ3v) is 7.32. The lowest BCUT2D eigenvalue weighted by Gasteiger charge is -2.40. The summed E-state index contributed by atoms with van der Waals surface area (Å²) >= 11 is 13.7. The van der Waals surface area contributed by atoms with Gasteiger partial charge in [-0.25, -0.2) is 4.98 Å². The van der Waals surface area contributed by atoms with Gasteiger partial charge in [0.05, 0.1) is 5.56 Å². The maximum Gasteiger partial charge on any atom is 0.254 e. The zero-order chi connectivity index (χ0) is 23.3. The third-order valence-electron chi connectivity index (χ3n) is 6.12. The third kappa shape index (κ3) is 6.44. The van der Waals surface area contributed by atoms with E-state index in [1.807, 2.05) is 4.90 Å². The zero-order valence-corrected chi connectivity index (χ0v) is 21.1. The molecule has 0 unspecified atom stereocenters. The Bertz CT molecular complexity index is 907. The van der Waals surface area contributed by atoms with Gasteiger partial charge in [0.1, 0.15) is 10.3 Å². The lowest BCUT2D eigenvalue weighted by Crippen LogP contribution is -2.49. The van der Waals surface area contributed by atoms with Crippen molar-refractivity contribution in [3.05, 3.63) is 49.9 Å². The molecule has 0 radical (unpaired) electrons. The minimum Gasteiger partial charge on any atom is -0.352 e. The van der Waals surface area contributed by atoms with Crippen molar-refractivity contribution in [2.45, 2.75) is 58.7 Å². The van der Waals surface area contributed by atoms with E-state index in [9.17, 15) is 9.59 Å². The van der Waals surface area contributed by atoms with Crippen molar-refractivity contribution in [3.63, 3.8) is 0 Å². The van der Waals surface area contributed by atoms with Crippen LogP contribution >= 0.6 is 34.5 Å². The summed E-state index contributed by atoms with van der Waals surface area (Å²) in [5.74, 6) is -0.0934. The van der Waals surface area contributed by atoms with E-state index in [0.29, 0.717) is 30.3 Å². The molecule has 0 saturated carbocycles. The van der Waals surface area contributed by atoms with Crippen molar-refractivity contribution in [3.8, 4) is 0 Å². The fraction of sp³-hybridized carbons (Fsp3) is 0.522. The first-order valence-corrected chi connectivity index (χ1v) is 12.6. The molecule has 32 heavy (non-hydrogen) atoms.